The van der Waals surface area contributed by atoms with Crippen molar-refractivity contribution in [3.63, 3.8) is 0 Å². The van der Waals surface area contributed by atoms with E-state index in [0.29, 0.717) is 11.0 Å². The van der Waals surface area contributed by atoms with Gasteiger partial charge in [0.25, 0.3) is 0 Å². The van der Waals surface area contributed by atoms with E-state index in [9.17, 15) is 4.79 Å². The van der Waals surface area contributed by atoms with E-state index in [2.05, 4.69) is 4.98 Å². The Balaban J connectivity index is 2.62. The summed E-state index contributed by atoms with van der Waals surface area (Å²) in [5, 5.41) is 9.26. The highest BCUT2D eigenvalue weighted by molar-refractivity contribution is 6.30. The van der Waals surface area contributed by atoms with Gasteiger partial charge in [-0.2, -0.15) is 0 Å². The Morgan fingerprint density at radius 3 is 2.73 bits per heavy atom. The van der Waals surface area contributed by atoms with Crippen LogP contribution in [0.15, 0.2) is 36.5 Å². The number of carbonyl (C=O) groups is 1. The number of hydrogen-bond donors (Lipinski definition) is 1. The Labute approximate surface area is 90.8 Å². The van der Waals surface area contributed by atoms with Crippen LogP contribution in [0.1, 0.15) is 10.5 Å². The molecule has 0 bridgehead atoms. The van der Waals surface area contributed by atoms with E-state index in [1.54, 1.807) is 24.4 Å². The predicted octanol–water partition coefficient (Wildman–Crippen LogP) is 2.22. The van der Waals surface area contributed by atoms with Gasteiger partial charge in [-0.05, 0) is 24.3 Å². The zero-order valence-electron chi connectivity index (χ0n) is 7.59. The van der Waals surface area contributed by atoms with Crippen LogP contribution < -0.4 is 0 Å². The number of carboxylic acids is 1. The lowest BCUT2D eigenvalue weighted by atomic mass is 10.4. The van der Waals surface area contributed by atoms with Crippen molar-refractivity contribution >= 4 is 17.6 Å². The van der Waals surface area contributed by atoms with Crippen molar-refractivity contribution in [1.29, 1.82) is 0 Å². The van der Waals surface area contributed by atoms with E-state index in [4.69, 9.17) is 16.7 Å². The minimum Gasteiger partial charge on any atom is -0.477 e. The SMILES string of the molecule is O=C(O)c1ccc(Cl)n1-c1ccccn1. The smallest absolute Gasteiger partial charge is 0.352 e. The van der Waals surface area contributed by atoms with Gasteiger partial charge in [0, 0.05) is 6.20 Å². The molecule has 1 N–H and O–H groups in total. The van der Waals surface area contributed by atoms with Crippen molar-refractivity contribution in [2.45, 2.75) is 0 Å². The van der Waals surface area contributed by atoms with Crippen molar-refractivity contribution in [3.05, 3.63) is 47.4 Å². The molecule has 0 radical (unpaired) electrons. The standard InChI is InChI=1S/C10H7ClN2O2/c11-8-5-4-7(10(14)15)13(8)9-3-1-2-6-12-9/h1-6H,(H,14,15). The minimum absolute atomic E-state index is 0.0960. The summed E-state index contributed by atoms with van der Waals surface area (Å²) in [5.41, 5.74) is 0.0960. The lowest BCUT2D eigenvalue weighted by molar-refractivity contribution is 0.0688. The summed E-state index contributed by atoms with van der Waals surface area (Å²) in [6.07, 6.45) is 1.58. The average Bonchev–Trinajstić information content (AvgIpc) is 2.61. The zero-order chi connectivity index (χ0) is 10.8. The van der Waals surface area contributed by atoms with Crippen LogP contribution in [0.25, 0.3) is 5.82 Å². The largest absolute Gasteiger partial charge is 0.477 e. The lowest BCUT2D eigenvalue weighted by Gasteiger charge is -2.05. The Morgan fingerprint density at radius 1 is 1.33 bits per heavy atom. The fourth-order valence-electron chi connectivity index (χ4n) is 1.30. The maximum atomic E-state index is 10.9. The van der Waals surface area contributed by atoms with Crippen molar-refractivity contribution in [1.82, 2.24) is 9.55 Å². The van der Waals surface area contributed by atoms with E-state index >= 15 is 0 Å². The summed E-state index contributed by atoms with van der Waals surface area (Å²) in [4.78, 5) is 14.9. The number of pyridine rings is 1. The Bertz CT molecular complexity index is 493. The maximum Gasteiger partial charge on any atom is 0.352 e. The van der Waals surface area contributed by atoms with Gasteiger partial charge in [-0.15, -0.1) is 0 Å². The second kappa shape index (κ2) is 3.74. The molecular weight excluding hydrogens is 216 g/mol. The first-order valence-electron chi connectivity index (χ1n) is 4.22. The van der Waals surface area contributed by atoms with Crippen LogP contribution in [-0.4, -0.2) is 20.6 Å². The minimum atomic E-state index is -1.03. The molecule has 2 heterocycles. The first kappa shape index (κ1) is 9.73. The number of nitrogens with zero attached hydrogens (tertiary/aromatic N) is 2. The summed E-state index contributed by atoms with van der Waals surface area (Å²) in [6.45, 7) is 0. The van der Waals surface area contributed by atoms with Gasteiger partial charge in [0.2, 0.25) is 0 Å². The number of hydrogen-bond acceptors (Lipinski definition) is 2. The highest BCUT2D eigenvalue weighted by atomic mass is 35.5. The number of carboxylic acid groups (broad SMARTS) is 1. The van der Waals surface area contributed by atoms with Gasteiger partial charge in [0.1, 0.15) is 16.7 Å². The predicted molar refractivity (Wildman–Crippen MR) is 55.5 cm³/mol. The van der Waals surface area contributed by atoms with Gasteiger partial charge in [-0.25, -0.2) is 9.78 Å². The van der Waals surface area contributed by atoms with E-state index in [0.717, 1.165) is 0 Å². The fraction of sp³-hybridized carbons (Fsp3) is 0. The Morgan fingerprint density at radius 2 is 2.13 bits per heavy atom. The Hall–Kier alpha value is -1.81. The lowest BCUT2D eigenvalue weighted by Crippen LogP contribution is -2.07. The van der Waals surface area contributed by atoms with Crippen molar-refractivity contribution in [2.75, 3.05) is 0 Å². The second-order valence-electron chi connectivity index (χ2n) is 2.87. The van der Waals surface area contributed by atoms with Crippen molar-refractivity contribution < 1.29 is 9.90 Å². The average molecular weight is 223 g/mol. The van der Waals surface area contributed by atoms with Crippen LogP contribution >= 0.6 is 11.6 Å². The number of halogens is 1. The molecule has 0 aliphatic rings. The van der Waals surface area contributed by atoms with E-state index < -0.39 is 5.97 Å². The quantitative estimate of drug-likeness (QED) is 0.848. The summed E-state index contributed by atoms with van der Waals surface area (Å²) >= 11 is 5.88. The molecule has 0 aliphatic heterocycles. The molecule has 0 unspecified atom stereocenters. The molecule has 0 fully saturated rings. The molecule has 4 nitrogen and oxygen atoms in total. The normalized spacial score (nSPS) is 10.2. The van der Waals surface area contributed by atoms with Crippen LogP contribution in [0, 0.1) is 0 Å². The monoisotopic (exact) mass is 222 g/mol. The third kappa shape index (κ3) is 1.71. The van der Waals surface area contributed by atoms with Gasteiger partial charge < -0.3 is 5.11 Å². The molecule has 2 aromatic rings. The highest BCUT2D eigenvalue weighted by Gasteiger charge is 2.14. The van der Waals surface area contributed by atoms with Crippen molar-refractivity contribution in [3.8, 4) is 5.82 Å². The topological polar surface area (TPSA) is 55.1 Å². The van der Waals surface area contributed by atoms with Gasteiger partial charge >= 0.3 is 5.97 Å². The third-order valence-corrected chi connectivity index (χ3v) is 2.23. The first-order valence-corrected chi connectivity index (χ1v) is 4.60. The molecule has 2 rings (SSSR count). The van der Waals surface area contributed by atoms with Crippen LogP contribution in [0.2, 0.25) is 5.15 Å². The molecule has 0 aromatic carbocycles. The number of aromatic nitrogens is 2. The summed E-state index contributed by atoms with van der Waals surface area (Å²) in [7, 11) is 0. The first-order chi connectivity index (χ1) is 7.20. The molecule has 5 heteroatoms. The fourth-order valence-corrected chi connectivity index (χ4v) is 1.54. The summed E-state index contributed by atoms with van der Waals surface area (Å²) in [5.74, 6) is -0.544. The second-order valence-corrected chi connectivity index (χ2v) is 3.26. The summed E-state index contributed by atoms with van der Waals surface area (Å²) < 4.78 is 1.38. The van der Waals surface area contributed by atoms with Crippen LogP contribution in [-0.2, 0) is 0 Å². The molecule has 0 saturated heterocycles. The van der Waals surface area contributed by atoms with Gasteiger partial charge in [-0.3, -0.25) is 4.57 Å². The summed E-state index contributed by atoms with van der Waals surface area (Å²) in [6, 6.07) is 8.18. The molecule has 2 aromatic heterocycles. The van der Waals surface area contributed by atoms with Crippen LogP contribution in [0.4, 0.5) is 0 Å². The molecule has 0 atom stereocenters. The highest BCUT2D eigenvalue weighted by Crippen LogP contribution is 2.19. The molecular formula is C10H7ClN2O2. The van der Waals surface area contributed by atoms with Gasteiger partial charge in [0.05, 0.1) is 0 Å². The van der Waals surface area contributed by atoms with E-state index in [-0.39, 0.29) is 5.69 Å². The van der Waals surface area contributed by atoms with Crippen LogP contribution in [0.3, 0.4) is 0 Å². The maximum absolute atomic E-state index is 10.9. The van der Waals surface area contributed by atoms with E-state index in [1.165, 1.54) is 16.7 Å². The molecule has 0 amide bonds. The van der Waals surface area contributed by atoms with Gasteiger partial charge in [0.15, 0.2) is 0 Å². The molecule has 76 valence electrons. The Kier molecular flexibility index (Phi) is 2.43. The van der Waals surface area contributed by atoms with Gasteiger partial charge in [-0.1, -0.05) is 17.7 Å². The number of rotatable bonds is 2. The molecule has 0 saturated carbocycles. The van der Waals surface area contributed by atoms with Crippen molar-refractivity contribution in [2.24, 2.45) is 0 Å². The number of aromatic carboxylic acids is 1. The molecule has 0 spiro atoms. The molecule has 15 heavy (non-hydrogen) atoms. The zero-order valence-corrected chi connectivity index (χ0v) is 8.35. The third-order valence-electron chi connectivity index (χ3n) is 1.93. The van der Waals surface area contributed by atoms with Crippen LogP contribution in [0.5, 0.6) is 0 Å². The molecule has 0 aliphatic carbocycles. The van der Waals surface area contributed by atoms with E-state index in [1.807, 2.05) is 0 Å².